The molecule has 4 amide bonds. The molecule has 4 fully saturated rings. The second-order valence-corrected chi connectivity index (χ2v) is 19.3. The van der Waals surface area contributed by atoms with Gasteiger partial charge >= 0.3 is 12.0 Å². The van der Waals surface area contributed by atoms with Crippen LogP contribution in [0.1, 0.15) is 78.3 Å². The van der Waals surface area contributed by atoms with Gasteiger partial charge in [-0.15, -0.1) is 0 Å². The third-order valence-corrected chi connectivity index (χ3v) is 13.8. The van der Waals surface area contributed by atoms with Crippen molar-refractivity contribution < 1.29 is 64.8 Å². The Morgan fingerprint density at radius 1 is 1.03 bits per heavy atom. The van der Waals surface area contributed by atoms with E-state index in [4.69, 9.17) is 14.2 Å². The van der Waals surface area contributed by atoms with Gasteiger partial charge in [0.25, 0.3) is 5.91 Å². The highest BCUT2D eigenvalue weighted by molar-refractivity contribution is 7.91. The van der Waals surface area contributed by atoms with Crippen LogP contribution in [0.2, 0.25) is 0 Å². The van der Waals surface area contributed by atoms with E-state index < -0.39 is 129 Å². The molecule has 7 atom stereocenters. The molecule has 324 valence electrons. The number of hydrogen-bond acceptors (Lipinski definition) is 11. The molecular formula is C38H48F4N6O10S. The van der Waals surface area contributed by atoms with Crippen LogP contribution < -0.4 is 20.1 Å². The first-order valence-corrected chi connectivity index (χ1v) is 20.7. The number of carbonyl (C=O) groups is 4. The summed E-state index contributed by atoms with van der Waals surface area (Å²) in [5.41, 5.74) is -3.91. The fraction of sp³-hybridized carbons (Fsp3) is 0.632. The summed E-state index contributed by atoms with van der Waals surface area (Å²) >= 11 is 0. The number of nitrogens with one attached hydrogen (secondary N) is 3. The van der Waals surface area contributed by atoms with Crippen LogP contribution >= 0.6 is 0 Å². The SMILES string of the molecule is CC(C)(C)[C@@H]1NC(=O)O[C@@H]2CCC[C@H]2OC/C=C/C(F)(F)c2nc3ccccc3nc2O[C@@H]2C[C@@H](C(=O)N[C@]3(C(=O)NS(=O)(=O)C4(C)CC4)C[C@H]3C(F)F)N(C2)C1=O.O. The predicted octanol–water partition coefficient (Wildman–Crippen LogP) is 3.03. The second-order valence-electron chi connectivity index (χ2n) is 17.1. The zero-order valence-electron chi connectivity index (χ0n) is 32.8. The molecule has 0 radical (unpaired) electrons. The van der Waals surface area contributed by atoms with E-state index in [1.807, 2.05) is 4.72 Å². The minimum atomic E-state index is -4.30. The smallest absolute Gasteiger partial charge is 0.408 e. The zero-order chi connectivity index (χ0) is 42.0. The Labute approximate surface area is 337 Å². The molecule has 2 aromatic rings. The van der Waals surface area contributed by atoms with Crippen molar-refractivity contribution in [3.63, 3.8) is 0 Å². The van der Waals surface area contributed by atoms with E-state index in [-0.39, 0.29) is 36.0 Å². The van der Waals surface area contributed by atoms with Crippen LogP contribution in [0, 0.1) is 11.3 Å². The van der Waals surface area contributed by atoms with E-state index in [1.165, 1.54) is 19.1 Å². The molecular weight excluding hydrogens is 809 g/mol. The normalized spacial score (nSPS) is 30.9. The summed E-state index contributed by atoms with van der Waals surface area (Å²) in [6.07, 6.45) is -4.10. The maximum absolute atomic E-state index is 16.1. The lowest BCUT2D eigenvalue weighted by Crippen LogP contribution is -2.60. The highest BCUT2D eigenvalue weighted by atomic mass is 32.2. The van der Waals surface area contributed by atoms with Gasteiger partial charge in [-0.1, -0.05) is 39.0 Å². The van der Waals surface area contributed by atoms with E-state index in [0.29, 0.717) is 25.3 Å². The van der Waals surface area contributed by atoms with E-state index >= 15 is 8.78 Å². The number of ether oxygens (including phenoxy) is 3. The molecule has 3 saturated carbocycles. The molecule has 16 nitrogen and oxygen atoms in total. The van der Waals surface area contributed by atoms with Crippen LogP contribution in [0.15, 0.2) is 36.4 Å². The lowest BCUT2D eigenvalue weighted by molar-refractivity contribution is -0.143. The summed E-state index contributed by atoms with van der Waals surface area (Å²) in [7, 11) is -4.30. The summed E-state index contributed by atoms with van der Waals surface area (Å²) < 4.78 is 105. The summed E-state index contributed by atoms with van der Waals surface area (Å²) in [6.45, 7) is 5.63. The van der Waals surface area contributed by atoms with Gasteiger partial charge in [-0.05, 0) is 69.1 Å². The van der Waals surface area contributed by atoms with E-state index in [0.717, 1.165) is 11.0 Å². The van der Waals surface area contributed by atoms with Gasteiger partial charge in [-0.3, -0.25) is 19.1 Å². The average molecular weight is 857 g/mol. The number of alkyl carbamates (subject to hydrolysis) is 1. The Morgan fingerprint density at radius 2 is 1.69 bits per heavy atom. The monoisotopic (exact) mass is 856 g/mol. The molecule has 21 heteroatoms. The highest BCUT2D eigenvalue weighted by Gasteiger charge is 2.67. The van der Waals surface area contributed by atoms with E-state index in [1.54, 1.807) is 32.9 Å². The number of hydrogen-bond donors (Lipinski definition) is 3. The van der Waals surface area contributed by atoms with Crippen molar-refractivity contribution in [1.82, 2.24) is 30.2 Å². The van der Waals surface area contributed by atoms with Gasteiger partial charge in [0, 0.05) is 6.42 Å². The van der Waals surface area contributed by atoms with Gasteiger partial charge < -0.3 is 35.2 Å². The Kier molecular flexibility index (Phi) is 11.7. The van der Waals surface area contributed by atoms with Crippen molar-refractivity contribution in [2.75, 3.05) is 13.2 Å². The molecule has 3 heterocycles. The fourth-order valence-corrected chi connectivity index (χ4v) is 9.04. The average Bonchev–Trinajstić information content (AvgIpc) is 3.97. The molecule has 1 aromatic heterocycles. The van der Waals surface area contributed by atoms with Crippen molar-refractivity contribution >= 4 is 44.9 Å². The molecule has 0 spiro atoms. The predicted molar refractivity (Wildman–Crippen MR) is 201 cm³/mol. The molecule has 2 aliphatic heterocycles. The number of para-hydroxylation sites is 2. The third kappa shape index (κ3) is 8.68. The Hall–Kier alpha value is -4.63. The van der Waals surface area contributed by atoms with Gasteiger partial charge in [0.15, 0.2) is 5.69 Å². The van der Waals surface area contributed by atoms with Gasteiger partial charge in [0.05, 0.1) is 41.0 Å². The number of amides is 4. The first-order chi connectivity index (χ1) is 27.1. The minimum Gasteiger partial charge on any atom is -0.471 e. The van der Waals surface area contributed by atoms with Gasteiger partial charge in [0.2, 0.25) is 34.1 Å². The first kappa shape index (κ1) is 43.9. The van der Waals surface area contributed by atoms with Crippen molar-refractivity contribution in [1.29, 1.82) is 0 Å². The Morgan fingerprint density at radius 3 is 2.32 bits per heavy atom. The van der Waals surface area contributed by atoms with Crippen molar-refractivity contribution in [2.24, 2.45) is 11.3 Å². The van der Waals surface area contributed by atoms with Gasteiger partial charge in [0.1, 0.15) is 29.8 Å². The quantitative estimate of drug-likeness (QED) is 0.283. The maximum Gasteiger partial charge on any atom is 0.408 e. The van der Waals surface area contributed by atoms with Crippen molar-refractivity contribution in [2.45, 2.75) is 126 Å². The summed E-state index contributed by atoms with van der Waals surface area (Å²) in [5.74, 6) is -9.43. The number of nitrogens with zero attached hydrogens (tertiary/aromatic N) is 3. The van der Waals surface area contributed by atoms with Gasteiger partial charge in [-0.2, -0.15) is 8.78 Å². The van der Waals surface area contributed by atoms with Crippen LogP contribution in [0.25, 0.3) is 11.0 Å². The molecule has 0 unspecified atom stereocenters. The van der Waals surface area contributed by atoms with Crippen LogP contribution in [0.4, 0.5) is 22.4 Å². The van der Waals surface area contributed by atoms with Crippen LogP contribution in [-0.4, -0.2) is 113 Å². The molecule has 3 aliphatic carbocycles. The largest absolute Gasteiger partial charge is 0.471 e. The lowest BCUT2D eigenvalue weighted by Gasteiger charge is -2.35. The minimum absolute atomic E-state index is 0. The summed E-state index contributed by atoms with van der Waals surface area (Å²) in [5, 5.41) is 4.94. The van der Waals surface area contributed by atoms with Crippen LogP contribution in [0.5, 0.6) is 5.88 Å². The third-order valence-electron chi connectivity index (χ3n) is 11.6. The first-order valence-electron chi connectivity index (χ1n) is 19.2. The zero-order valence-corrected chi connectivity index (χ0v) is 33.6. The number of allylic oxidation sites excluding steroid dienone is 1. The molecule has 1 aromatic carbocycles. The highest BCUT2D eigenvalue weighted by Crippen LogP contribution is 2.49. The van der Waals surface area contributed by atoms with Crippen LogP contribution in [0.3, 0.4) is 0 Å². The number of fused-ring (bicyclic) bond motifs is 5. The molecule has 5 aliphatic rings. The van der Waals surface area contributed by atoms with E-state index in [9.17, 15) is 36.4 Å². The molecule has 5 N–H and O–H groups in total. The number of benzene rings is 1. The number of halogens is 4. The Balaban J connectivity index is 0.00000585. The summed E-state index contributed by atoms with van der Waals surface area (Å²) in [6, 6.07) is 3.27. The summed E-state index contributed by atoms with van der Waals surface area (Å²) in [4.78, 5) is 65.3. The number of sulfonamides is 1. The lowest BCUT2D eigenvalue weighted by atomic mass is 9.85. The molecule has 2 bridgehead atoms. The number of alkyl halides is 4. The topological polar surface area (TPSA) is 227 Å². The standard InChI is InChI=1S/C38H46F4N6O9S.H2O/c1-35(2,3)28-32(50)48-19-20(17-24(48)30(49)46-37(18-21(37)29(39)40)33(51)47-58(53,54)36(4)14-15-36)56-31-27(43-22-9-5-6-10-23(22)44-31)38(41,42)13-8-16-55-25-11-7-12-26(25)57-34(52)45-28;/h5-6,8-10,13,20-21,24-26,28-29H,7,11-12,14-19H2,1-4H3,(H,45,52)(H,46,49)(H,47,51);1H2/b13-8+;/t20-,21+,24+,25-,26-,28-,37-;/m1./s1. The van der Waals surface area contributed by atoms with Gasteiger partial charge in [-0.25, -0.2) is 32.0 Å². The fourth-order valence-electron chi connectivity index (χ4n) is 7.73. The number of rotatable bonds is 6. The molecule has 59 heavy (non-hydrogen) atoms. The second kappa shape index (κ2) is 15.8. The van der Waals surface area contributed by atoms with E-state index in [2.05, 4.69) is 20.6 Å². The molecule has 7 rings (SSSR count). The van der Waals surface area contributed by atoms with Crippen molar-refractivity contribution in [3.05, 3.63) is 42.1 Å². The van der Waals surface area contributed by atoms with Crippen molar-refractivity contribution in [3.8, 4) is 5.88 Å². The Bertz CT molecular complexity index is 2130. The molecule has 1 saturated heterocycles. The van der Waals surface area contributed by atoms with Crippen LogP contribution in [-0.2, 0) is 39.8 Å². The number of carbonyl (C=O) groups excluding carboxylic acids is 4. The number of aromatic nitrogens is 2. The maximum atomic E-state index is 16.1.